The van der Waals surface area contributed by atoms with E-state index < -0.39 is 0 Å². The average Bonchev–Trinajstić information content (AvgIpc) is 2.20. The van der Waals surface area contributed by atoms with Crippen molar-refractivity contribution < 1.29 is 0 Å². The Morgan fingerprint density at radius 2 is 1.88 bits per heavy atom. The van der Waals surface area contributed by atoms with Crippen molar-refractivity contribution in [2.75, 3.05) is 6.54 Å². The Morgan fingerprint density at radius 1 is 1.19 bits per heavy atom. The van der Waals surface area contributed by atoms with Crippen molar-refractivity contribution in [2.24, 2.45) is 5.92 Å². The van der Waals surface area contributed by atoms with Crippen LogP contribution in [0.25, 0.3) is 0 Å². The monoisotopic (exact) mass is 219 g/mol. The van der Waals surface area contributed by atoms with E-state index in [-0.39, 0.29) is 0 Å². The number of nitrogens with one attached hydrogen (secondary N) is 1. The first kappa shape index (κ1) is 13.2. The molecule has 1 aromatic carbocycles. The Balaban J connectivity index is 2.92. The molecule has 0 amide bonds. The highest BCUT2D eigenvalue weighted by molar-refractivity contribution is 5.33. The van der Waals surface area contributed by atoms with Gasteiger partial charge in [-0.25, -0.2) is 0 Å². The molecule has 1 N–H and O–H groups in total. The van der Waals surface area contributed by atoms with Crippen LogP contribution in [0, 0.1) is 19.8 Å². The lowest BCUT2D eigenvalue weighted by Crippen LogP contribution is -2.27. The van der Waals surface area contributed by atoms with Gasteiger partial charge >= 0.3 is 0 Å². The second-order valence-corrected chi connectivity index (χ2v) is 5.04. The third kappa shape index (κ3) is 3.34. The fourth-order valence-electron chi connectivity index (χ4n) is 2.18. The average molecular weight is 219 g/mol. The van der Waals surface area contributed by atoms with Crippen molar-refractivity contribution in [1.82, 2.24) is 5.32 Å². The number of rotatable bonds is 5. The molecule has 1 rings (SSSR count). The van der Waals surface area contributed by atoms with Gasteiger partial charge in [0.2, 0.25) is 0 Å². The van der Waals surface area contributed by atoms with Crippen LogP contribution in [0.2, 0.25) is 0 Å². The van der Waals surface area contributed by atoms with Crippen molar-refractivity contribution in [3.05, 3.63) is 34.9 Å². The molecule has 1 aromatic rings. The smallest absolute Gasteiger partial charge is 0.0346 e. The first-order valence-corrected chi connectivity index (χ1v) is 6.36. The Morgan fingerprint density at radius 3 is 2.38 bits per heavy atom. The molecule has 0 aliphatic rings. The van der Waals surface area contributed by atoms with Gasteiger partial charge in [-0.3, -0.25) is 0 Å². The normalized spacial score (nSPS) is 13.1. The van der Waals surface area contributed by atoms with Crippen molar-refractivity contribution in [3.63, 3.8) is 0 Å². The number of benzene rings is 1. The minimum Gasteiger partial charge on any atom is -0.310 e. The summed E-state index contributed by atoms with van der Waals surface area (Å²) in [5, 5.41) is 3.65. The fraction of sp³-hybridized carbons (Fsp3) is 0.600. The second-order valence-electron chi connectivity index (χ2n) is 5.04. The molecule has 0 aliphatic heterocycles. The zero-order valence-corrected chi connectivity index (χ0v) is 11.3. The van der Waals surface area contributed by atoms with Crippen molar-refractivity contribution in [1.29, 1.82) is 0 Å². The minimum atomic E-state index is 0.487. The summed E-state index contributed by atoms with van der Waals surface area (Å²) in [4.78, 5) is 0. The van der Waals surface area contributed by atoms with Gasteiger partial charge in [-0.15, -0.1) is 0 Å². The van der Waals surface area contributed by atoms with Crippen LogP contribution < -0.4 is 5.32 Å². The van der Waals surface area contributed by atoms with Gasteiger partial charge in [0.25, 0.3) is 0 Å². The topological polar surface area (TPSA) is 12.0 Å². The third-order valence-electron chi connectivity index (χ3n) is 3.04. The Kier molecular flexibility index (Phi) is 5.01. The molecule has 0 radical (unpaired) electrons. The van der Waals surface area contributed by atoms with Crippen molar-refractivity contribution in [2.45, 2.75) is 47.1 Å². The molecular weight excluding hydrogens is 194 g/mol. The molecule has 0 saturated heterocycles. The summed E-state index contributed by atoms with van der Waals surface area (Å²) in [5.41, 5.74) is 4.20. The van der Waals surface area contributed by atoms with E-state index in [1.54, 1.807) is 0 Å². The van der Waals surface area contributed by atoms with E-state index in [1.807, 2.05) is 0 Å². The van der Waals surface area contributed by atoms with Crippen molar-refractivity contribution in [3.8, 4) is 0 Å². The molecule has 1 nitrogen and oxygen atoms in total. The van der Waals surface area contributed by atoms with Crippen LogP contribution in [0.1, 0.15) is 49.9 Å². The van der Waals surface area contributed by atoms with Gasteiger partial charge in [0.15, 0.2) is 0 Å². The first-order chi connectivity index (χ1) is 7.56. The van der Waals surface area contributed by atoms with Crippen molar-refractivity contribution >= 4 is 0 Å². The van der Waals surface area contributed by atoms with E-state index in [0.717, 1.165) is 6.54 Å². The number of aryl methyl sites for hydroxylation is 2. The van der Waals surface area contributed by atoms with E-state index in [1.165, 1.54) is 23.1 Å². The van der Waals surface area contributed by atoms with E-state index >= 15 is 0 Å². The summed E-state index contributed by atoms with van der Waals surface area (Å²) >= 11 is 0. The minimum absolute atomic E-state index is 0.487. The third-order valence-corrected chi connectivity index (χ3v) is 3.04. The molecule has 1 atom stereocenters. The van der Waals surface area contributed by atoms with E-state index in [9.17, 15) is 0 Å². The molecule has 0 heterocycles. The summed E-state index contributed by atoms with van der Waals surface area (Å²) in [6.45, 7) is 12.2. The molecular formula is C15H25N. The Bertz CT molecular complexity index is 328. The zero-order valence-electron chi connectivity index (χ0n) is 11.3. The van der Waals surface area contributed by atoms with Gasteiger partial charge in [-0.1, -0.05) is 44.5 Å². The van der Waals surface area contributed by atoms with E-state index in [4.69, 9.17) is 0 Å². The molecule has 0 aliphatic carbocycles. The van der Waals surface area contributed by atoms with Crippen LogP contribution in [-0.4, -0.2) is 6.54 Å². The van der Waals surface area contributed by atoms with Crippen LogP contribution in [-0.2, 0) is 0 Å². The number of hydrogen-bond donors (Lipinski definition) is 1. The standard InChI is InChI=1S/C15H25N/c1-6-9-16-15(11(2)3)14-8-7-12(4)10-13(14)5/h7-8,10-11,15-16H,6,9H2,1-5H3. The molecule has 1 heteroatoms. The molecule has 0 saturated carbocycles. The fourth-order valence-corrected chi connectivity index (χ4v) is 2.18. The van der Waals surface area contributed by atoms with Crippen LogP contribution >= 0.6 is 0 Å². The quantitative estimate of drug-likeness (QED) is 0.789. The molecule has 16 heavy (non-hydrogen) atoms. The van der Waals surface area contributed by atoms with Gasteiger partial charge in [0.05, 0.1) is 0 Å². The van der Waals surface area contributed by atoms with Crippen LogP contribution in [0.15, 0.2) is 18.2 Å². The molecule has 90 valence electrons. The largest absolute Gasteiger partial charge is 0.310 e. The second kappa shape index (κ2) is 6.05. The predicted octanol–water partition coefficient (Wildman–Crippen LogP) is 4.00. The first-order valence-electron chi connectivity index (χ1n) is 6.36. The summed E-state index contributed by atoms with van der Waals surface area (Å²) in [7, 11) is 0. The lowest BCUT2D eigenvalue weighted by molar-refractivity contribution is 0.411. The van der Waals surface area contributed by atoms with Crippen LogP contribution in [0.5, 0.6) is 0 Å². The summed E-state index contributed by atoms with van der Waals surface area (Å²) in [6.07, 6.45) is 1.19. The number of hydrogen-bond acceptors (Lipinski definition) is 1. The SMILES string of the molecule is CCCNC(c1ccc(C)cc1C)C(C)C. The maximum atomic E-state index is 3.65. The summed E-state index contributed by atoms with van der Waals surface area (Å²) < 4.78 is 0. The van der Waals surface area contributed by atoms with Gasteiger partial charge in [0.1, 0.15) is 0 Å². The Hall–Kier alpha value is -0.820. The zero-order chi connectivity index (χ0) is 12.1. The molecule has 0 bridgehead atoms. The molecule has 1 unspecified atom stereocenters. The lowest BCUT2D eigenvalue weighted by atomic mass is 9.91. The maximum Gasteiger partial charge on any atom is 0.0346 e. The lowest BCUT2D eigenvalue weighted by Gasteiger charge is -2.24. The molecule has 0 spiro atoms. The van der Waals surface area contributed by atoms with Gasteiger partial charge in [0, 0.05) is 6.04 Å². The predicted molar refractivity (Wildman–Crippen MR) is 71.8 cm³/mol. The van der Waals surface area contributed by atoms with Gasteiger partial charge in [-0.2, -0.15) is 0 Å². The van der Waals surface area contributed by atoms with Crippen LogP contribution in [0.4, 0.5) is 0 Å². The highest BCUT2D eigenvalue weighted by atomic mass is 14.9. The van der Waals surface area contributed by atoms with Gasteiger partial charge < -0.3 is 5.32 Å². The molecule has 0 aromatic heterocycles. The van der Waals surface area contributed by atoms with E-state index in [2.05, 4.69) is 58.1 Å². The summed E-state index contributed by atoms with van der Waals surface area (Å²) in [6, 6.07) is 7.25. The highest BCUT2D eigenvalue weighted by Crippen LogP contribution is 2.25. The molecule has 0 fully saturated rings. The Labute approximate surface area is 100 Å². The van der Waals surface area contributed by atoms with Crippen LogP contribution in [0.3, 0.4) is 0 Å². The van der Waals surface area contributed by atoms with E-state index in [0.29, 0.717) is 12.0 Å². The summed E-state index contributed by atoms with van der Waals surface area (Å²) in [5.74, 6) is 0.632. The maximum absolute atomic E-state index is 3.65. The highest BCUT2D eigenvalue weighted by Gasteiger charge is 2.16. The van der Waals surface area contributed by atoms with Gasteiger partial charge in [-0.05, 0) is 43.9 Å².